The monoisotopic (exact) mass is 1310 g/mol. The Hall–Kier alpha value is -2.46. The number of esters is 4. The number of phosphoric ester groups is 2. The number of phosphoric acid groups is 2. The molecule has 0 saturated carbocycles. The van der Waals surface area contributed by atoms with E-state index in [0.29, 0.717) is 25.7 Å². The Kier molecular flexibility index (Phi) is 62.5. The fourth-order valence-corrected chi connectivity index (χ4v) is 11.7. The van der Waals surface area contributed by atoms with E-state index in [2.05, 4.69) is 52.0 Å². The minimum Gasteiger partial charge on any atom is -0.462 e. The van der Waals surface area contributed by atoms with Gasteiger partial charge in [-0.25, -0.2) is 9.13 Å². The molecule has 0 aliphatic rings. The van der Waals surface area contributed by atoms with Gasteiger partial charge in [0.05, 0.1) is 26.4 Å². The molecule has 0 aliphatic carbocycles. The van der Waals surface area contributed by atoms with Crippen molar-refractivity contribution >= 4 is 39.5 Å². The second kappa shape index (κ2) is 64.3. The van der Waals surface area contributed by atoms with Gasteiger partial charge in [-0.1, -0.05) is 290 Å². The van der Waals surface area contributed by atoms with Gasteiger partial charge in [-0.15, -0.1) is 0 Å². The van der Waals surface area contributed by atoms with Crippen LogP contribution >= 0.6 is 15.6 Å². The second-order valence-electron chi connectivity index (χ2n) is 24.6. The molecule has 2 unspecified atom stereocenters. The number of hydrogen-bond acceptors (Lipinski definition) is 15. The number of carbonyl (C=O) groups excluding carboxylic acids is 4. The first-order chi connectivity index (χ1) is 43.2. The molecular weight excluding hydrogens is 1170 g/mol. The van der Waals surface area contributed by atoms with Crippen LogP contribution in [-0.2, 0) is 65.4 Å². The van der Waals surface area contributed by atoms with E-state index in [0.717, 1.165) is 122 Å². The van der Waals surface area contributed by atoms with Crippen molar-refractivity contribution in [2.45, 2.75) is 361 Å². The van der Waals surface area contributed by atoms with Gasteiger partial charge in [0, 0.05) is 25.7 Å². The van der Waals surface area contributed by atoms with Gasteiger partial charge in [-0.05, 0) is 51.4 Å². The van der Waals surface area contributed by atoms with Gasteiger partial charge in [0.25, 0.3) is 0 Å². The lowest BCUT2D eigenvalue weighted by Crippen LogP contribution is -2.30. The molecule has 524 valence electrons. The smallest absolute Gasteiger partial charge is 0.462 e. The fourth-order valence-electron chi connectivity index (χ4n) is 10.2. The summed E-state index contributed by atoms with van der Waals surface area (Å²) in [6, 6.07) is 0. The van der Waals surface area contributed by atoms with E-state index < -0.39 is 97.5 Å². The molecule has 0 heterocycles. The van der Waals surface area contributed by atoms with Crippen LogP contribution in [0.4, 0.5) is 0 Å². The number of unbranched alkanes of at least 4 members (excludes halogenated alkanes) is 40. The van der Waals surface area contributed by atoms with Crippen molar-refractivity contribution in [3.63, 3.8) is 0 Å². The fraction of sp³-hybridized carbons (Fsp3) is 0.886. The number of rotatable bonds is 69. The largest absolute Gasteiger partial charge is 0.472 e. The zero-order chi connectivity index (χ0) is 65.4. The van der Waals surface area contributed by atoms with Crippen molar-refractivity contribution < 1.29 is 80.2 Å². The van der Waals surface area contributed by atoms with E-state index in [1.807, 2.05) is 0 Å². The average Bonchev–Trinajstić information content (AvgIpc) is 3.67. The summed E-state index contributed by atoms with van der Waals surface area (Å²) < 4.78 is 68.1. The lowest BCUT2D eigenvalue weighted by Gasteiger charge is -2.21. The molecule has 0 amide bonds. The molecular formula is C70H132O17P2. The molecule has 0 aromatic rings. The van der Waals surface area contributed by atoms with Crippen LogP contribution in [-0.4, -0.2) is 96.7 Å². The van der Waals surface area contributed by atoms with Crippen molar-refractivity contribution in [1.82, 2.24) is 0 Å². The Balaban J connectivity index is 5.23. The lowest BCUT2D eigenvalue weighted by molar-refractivity contribution is -0.161. The maximum atomic E-state index is 13.0. The highest BCUT2D eigenvalue weighted by atomic mass is 31.2. The van der Waals surface area contributed by atoms with E-state index >= 15 is 0 Å². The Bertz CT molecular complexity index is 1800. The van der Waals surface area contributed by atoms with Crippen LogP contribution < -0.4 is 0 Å². The van der Waals surface area contributed by atoms with E-state index in [9.17, 15) is 43.2 Å². The Morgan fingerprint density at radius 1 is 0.315 bits per heavy atom. The van der Waals surface area contributed by atoms with Crippen LogP contribution in [0.1, 0.15) is 342 Å². The van der Waals surface area contributed by atoms with E-state index in [-0.39, 0.29) is 25.7 Å². The van der Waals surface area contributed by atoms with Crippen LogP contribution in [0.2, 0.25) is 0 Å². The first-order valence-electron chi connectivity index (χ1n) is 36.1. The third kappa shape index (κ3) is 64.1. The highest BCUT2D eigenvalue weighted by molar-refractivity contribution is 7.47. The first-order valence-corrected chi connectivity index (χ1v) is 39.1. The molecule has 19 heteroatoms. The minimum atomic E-state index is -4.96. The minimum absolute atomic E-state index is 0.102. The maximum Gasteiger partial charge on any atom is 0.472 e. The van der Waals surface area contributed by atoms with Crippen LogP contribution in [0.5, 0.6) is 0 Å². The summed E-state index contributed by atoms with van der Waals surface area (Å²) in [6.45, 7) is 4.83. The van der Waals surface area contributed by atoms with Crippen molar-refractivity contribution in [3.8, 4) is 0 Å². The van der Waals surface area contributed by atoms with Gasteiger partial charge >= 0.3 is 39.5 Å². The predicted molar refractivity (Wildman–Crippen MR) is 358 cm³/mol. The second-order valence-corrected chi connectivity index (χ2v) is 27.5. The highest BCUT2D eigenvalue weighted by Crippen LogP contribution is 2.45. The summed E-state index contributed by atoms with van der Waals surface area (Å²) in [5.41, 5.74) is 0. The van der Waals surface area contributed by atoms with Gasteiger partial charge < -0.3 is 33.8 Å². The molecule has 89 heavy (non-hydrogen) atoms. The summed E-state index contributed by atoms with van der Waals surface area (Å²) >= 11 is 0. The predicted octanol–water partition coefficient (Wildman–Crippen LogP) is 19.8. The Morgan fingerprint density at radius 3 is 0.820 bits per heavy atom. The van der Waals surface area contributed by atoms with Crippen molar-refractivity contribution in [2.24, 2.45) is 0 Å². The van der Waals surface area contributed by atoms with Crippen molar-refractivity contribution in [1.29, 1.82) is 0 Å². The molecule has 0 aromatic heterocycles. The number of ether oxygens (including phenoxy) is 4. The molecule has 0 aromatic carbocycles. The molecule has 17 nitrogen and oxygen atoms in total. The number of allylic oxidation sites excluding steroid dienone is 4. The highest BCUT2D eigenvalue weighted by Gasteiger charge is 2.30. The molecule has 0 bridgehead atoms. The summed E-state index contributed by atoms with van der Waals surface area (Å²) in [7, 11) is -9.90. The number of carbonyl (C=O) groups is 4. The molecule has 0 saturated heterocycles. The zero-order valence-corrected chi connectivity index (χ0v) is 58.7. The van der Waals surface area contributed by atoms with Crippen molar-refractivity contribution in [2.75, 3.05) is 39.6 Å². The lowest BCUT2D eigenvalue weighted by atomic mass is 10.0. The summed E-state index contributed by atoms with van der Waals surface area (Å²) in [5, 5.41) is 10.6. The SMILES string of the molecule is CCCCCC/C=C\C=C/CCCCCCCC(=O)OC[C@H](COP(=O)(O)OC[C@@H](O)COP(=O)(O)OC[C@@H](COC(=O)CCCCCCCCC)OC(=O)CCCCCCCCCCCC)OC(=O)CCCCCCCCCCCCCCCCCCC. The van der Waals surface area contributed by atoms with Gasteiger partial charge in [-0.2, -0.15) is 0 Å². The van der Waals surface area contributed by atoms with E-state index in [1.54, 1.807) is 0 Å². The molecule has 0 aliphatic heterocycles. The standard InChI is InChI=1S/C70H132O17P2/c1-5-9-13-17-21-24-27-29-31-32-34-36-38-41-45-49-53-57-70(75)87-66(61-81-68(73)55-51-47-43-40-37-35-33-30-28-25-22-18-14-10-6-2)63-85-89(78,79)83-59-64(71)58-82-88(76,77)84-62-65(60-80-67(72)54-50-46-42-20-16-12-8-4)86-69(74)56-52-48-44-39-26-23-19-15-11-7-3/h25,28,30,33,64-66,71H,5-24,26-27,29,31-32,34-63H2,1-4H3,(H,76,77)(H,78,79)/b28-25-,33-30-/t64-,65+,66+/m0/s1. The van der Waals surface area contributed by atoms with Crippen LogP contribution in [0.25, 0.3) is 0 Å². The first kappa shape index (κ1) is 86.5. The molecule has 5 atom stereocenters. The van der Waals surface area contributed by atoms with Crippen molar-refractivity contribution in [3.05, 3.63) is 24.3 Å². The van der Waals surface area contributed by atoms with Gasteiger partial charge in [0.1, 0.15) is 19.3 Å². The summed E-state index contributed by atoms with van der Waals surface area (Å²) in [5.74, 6) is -2.16. The normalized spacial score (nSPS) is 14.2. The van der Waals surface area contributed by atoms with Crippen LogP contribution in [0, 0.1) is 0 Å². The van der Waals surface area contributed by atoms with Gasteiger partial charge in [-0.3, -0.25) is 37.3 Å². The van der Waals surface area contributed by atoms with Crippen LogP contribution in [0.3, 0.4) is 0 Å². The quantitative estimate of drug-likeness (QED) is 0.0169. The van der Waals surface area contributed by atoms with Crippen LogP contribution in [0.15, 0.2) is 24.3 Å². The number of hydrogen-bond donors (Lipinski definition) is 3. The number of aliphatic hydroxyl groups is 1. The molecule has 0 radical (unpaired) electrons. The molecule has 0 spiro atoms. The topological polar surface area (TPSA) is 237 Å². The Morgan fingerprint density at radius 2 is 0.539 bits per heavy atom. The summed E-state index contributed by atoms with van der Waals surface area (Å²) in [4.78, 5) is 72.3. The van der Waals surface area contributed by atoms with Gasteiger partial charge in [0.2, 0.25) is 0 Å². The van der Waals surface area contributed by atoms with E-state index in [1.165, 1.54) is 141 Å². The third-order valence-electron chi connectivity index (χ3n) is 15.7. The van der Waals surface area contributed by atoms with Gasteiger partial charge in [0.15, 0.2) is 12.2 Å². The third-order valence-corrected chi connectivity index (χ3v) is 17.6. The number of aliphatic hydroxyl groups excluding tert-OH is 1. The maximum absolute atomic E-state index is 13.0. The Labute approximate surface area is 542 Å². The molecule has 3 N–H and O–H groups in total. The molecule has 0 rings (SSSR count). The summed E-state index contributed by atoms with van der Waals surface area (Å²) in [6.07, 6.45) is 55.0. The van der Waals surface area contributed by atoms with E-state index in [4.69, 9.17) is 37.0 Å². The molecule has 0 fully saturated rings. The zero-order valence-electron chi connectivity index (χ0n) is 56.9. The average molecular weight is 1310 g/mol.